The van der Waals surface area contributed by atoms with Crippen molar-refractivity contribution in [2.24, 2.45) is 5.92 Å². The van der Waals surface area contributed by atoms with Crippen molar-refractivity contribution in [3.63, 3.8) is 0 Å². The molecule has 1 aliphatic rings. The fraction of sp³-hybridized carbons (Fsp3) is 0.462. The van der Waals surface area contributed by atoms with Crippen LogP contribution in [0.4, 0.5) is 4.39 Å². The van der Waals surface area contributed by atoms with Gasteiger partial charge >= 0.3 is 5.97 Å². The van der Waals surface area contributed by atoms with Crippen molar-refractivity contribution >= 4 is 5.97 Å². The zero-order chi connectivity index (χ0) is 12.1. The molecule has 0 aromatic heterocycles. The minimum atomic E-state index is -0.362. The molecule has 0 radical (unpaired) electrons. The summed E-state index contributed by atoms with van der Waals surface area (Å²) in [6, 6.07) is 5.44. The molecule has 0 saturated carbocycles. The predicted molar refractivity (Wildman–Crippen MR) is 61.1 cm³/mol. The molecule has 0 bridgehead atoms. The van der Waals surface area contributed by atoms with E-state index in [1.54, 1.807) is 0 Å². The average molecular weight is 238 g/mol. The van der Waals surface area contributed by atoms with E-state index in [9.17, 15) is 9.18 Å². The van der Waals surface area contributed by atoms with Crippen molar-refractivity contribution in [3.8, 4) is 0 Å². The Labute approximate surface area is 100.0 Å². The first-order valence-electron chi connectivity index (χ1n) is 6.00. The zero-order valence-electron chi connectivity index (χ0n) is 9.69. The number of esters is 1. The number of piperidine rings is 1. The molecule has 92 valence electrons. The quantitative estimate of drug-likeness (QED) is 0.797. The summed E-state index contributed by atoms with van der Waals surface area (Å²) in [4.78, 5) is 11.6. The van der Waals surface area contributed by atoms with Crippen LogP contribution < -0.4 is 5.32 Å². The standard InChI is InChI=1S/C13H16FNO2/c14-12-3-1-11(2-4-12)13(16)17-9-10-5-7-15-8-6-10/h1-4,10,15H,5-9H2/p+1. The molecular weight excluding hydrogens is 221 g/mol. The summed E-state index contributed by atoms with van der Waals surface area (Å²) in [5.41, 5.74) is 0.411. The smallest absolute Gasteiger partial charge is 0.338 e. The second-order valence-corrected chi connectivity index (χ2v) is 4.41. The number of hydrogen-bond acceptors (Lipinski definition) is 2. The Hall–Kier alpha value is -1.42. The fourth-order valence-corrected chi connectivity index (χ4v) is 2.03. The minimum Gasteiger partial charge on any atom is -0.462 e. The van der Waals surface area contributed by atoms with Crippen LogP contribution in [0.5, 0.6) is 0 Å². The number of carbonyl (C=O) groups is 1. The molecule has 1 aromatic carbocycles. The van der Waals surface area contributed by atoms with Crippen molar-refractivity contribution in [1.29, 1.82) is 0 Å². The van der Waals surface area contributed by atoms with E-state index in [0.29, 0.717) is 18.1 Å². The molecule has 17 heavy (non-hydrogen) atoms. The van der Waals surface area contributed by atoms with Crippen molar-refractivity contribution in [2.75, 3.05) is 19.7 Å². The summed E-state index contributed by atoms with van der Waals surface area (Å²) >= 11 is 0. The molecule has 1 heterocycles. The first kappa shape index (κ1) is 12.0. The highest BCUT2D eigenvalue weighted by Gasteiger charge is 2.17. The van der Waals surface area contributed by atoms with Crippen LogP contribution in [-0.4, -0.2) is 25.7 Å². The second kappa shape index (κ2) is 5.77. The number of benzene rings is 1. The molecule has 4 heteroatoms. The molecule has 1 fully saturated rings. The normalized spacial score (nSPS) is 16.8. The first-order valence-corrected chi connectivity index (χ1v) is 6.00. The van der Waals surface area contributed by atoms with Gasteiger partial charge in [0.2, 0.25) is 0 Å². The summed E-state index contributed by atoms with van der Waals surface area (Å²) < 4.78 is 17.9. The van der Waals surface area contributed by atoms with Gasteiger partial charge in [-0.3, -0.25) is 0 Å². The van der Waals surface area contributed by atoms with Gasteiger partial charge < -0.3 is 10.1 Å². The number of halogens is 1. The van der Waals surface area contributed by atoms with Crippen LogP contribution >= 0.6 is 0 Å². The van der Waals surface area contributed by atoms with Crippen LogP contribution in [0.25, 0.3) is 0 Å². The maximum Gasteiger partial charge on any atom is 0.338 e. The van der Waals surface area contributed by atoms with Gasteiger partial charge in [0.1, 0.15) is 5.82 Å². The molecule has 1 saturated heterocycles. The van der Waals surface area contributed by atoms with Gasteiger partial charge in [0.05, 0.1) is 25.3 Å². The Bertz CT molecular complexity index is 372. The first-order chi connectivity index (χ1) is 8.25. The van der Waals surface area contributed by atoms with Crippen molar-refractivity contribution in [3.05, 3.63) is 35.6 Å². The lowest BCUT2D eigenvalue weighted by Gasteiger charge is -2.19. The number of nitrogens with two attached hydrogens (primary N) is 1. The van der Waals surface area contributed by atoms with Crippen LogP contribution in [-0.2, 0) is 4.74 Å². The molecule has 1 aliphatic heterocycles. The van der Waals surface area contributed by atoms with E-state index >= 15 is 0 Å². The van der Waals surface area contributed by atoms with Gasteiger partial charge in [0.15, 0.2) is 0 Å². The summed E-state index contributed by atoms with van der Waals surface area (Å²) in [7, 11) is 0. The monoisotopic (exact) mass is 238 g/mol. The number of hydrogen-bond donors (Lipinski definition) is 1. The Balaban J connectivity index is 1.82. The number of carbonyl (C=O) groups excluding carboxylic acids is 1. The van der Waals surface area contributed by atoms with E-state index in [-0.39, 0.29) is 11.8 Å². The third kappa shape index (κ3) is 3.53. The van der Waals surface area contributed by atoms with Crippen molar-refractivity contribution in [1.82, 2.24) is 0 Å². The highest BCUT2D eigenvalue weighted by molar-refractivity contribution is 5.89. The van der Waals surface area contributed by atoms with Gasteiger partial charge in [0.25, 0.3) is 0 Å². The zero-order valence-corrected chi connectivity index (χ0v) is 9.69. The predicted octanol–water partition coefficient (Wildman–Crippen LogP) is 0.956. The molecule has 0 unspecified atom stereocenters. The topological polar surface area (TPSA) is 42.9 Å². The van der Waals surface area contributed by atoms with Crippen LogP contribution in [0.2, 0.25) is 0 Å². The molecular formula is C13H17FNO2+. The van der Waals surface area contributed by atoms with E-state index in [0.717, 1.165) is 25.9 Å². The second-order valence-electron chi connectivity index (χ2n) is 4.41. The third-order valence-corrected chi connectivity index (χ3v) is 3.09. The molecule has 3 nitrogen and oxygen atoms in total. The molecule has 0 aliphatic carbocycles. The Kier molecular flexibility index (Phi) is 4.09. The summed E-state index contributed by atoms with van der Waals surface area (Å²) in [6.07, 6.45) is 2.19. The maximum atomic E-state index is 12.7. The highest BCUT2D eigenvalue weighted by atomic mass is 19.1. The van der Waals surface area contributed by atoms with Gasteiger partial charge in [-0.2, -0.15) is 0 Å². The SMILES string of the molecule is O=C(OCC1CC[NH2+]CC1)c1ccc(F)cc1. The van der Waals surface area contributed by atoms with E-state index in [1.807, 2.05) is 0 Å². The van der Waals surface area contributed by atoms with Gasteiger partial charge in [-0.1, -0.05) is 0 Å². The van der Waals surface area contributed by atoms with Gasteiger partial charge in [0, 0.05) is 18.8 Å². The summed E-state index contributed by atoms with van der Waals surface area (Å²) in [5, 5.41) is 2.28. The molecule has 0 atom stereocenters. The van der Waals surface area contributed by atoms with Gasteiger partial charge in [-0.15, -0.1) is 0 Å². The Morgan fingerprint density at radius 3 is 2.59 bits per heavy atom. The largest absolute Gasteiger partial charge is 0.462 e. The molecule has 2 N–H and O–H groups in total. The maximum absolute atomic E-state index is 12.7. The number of rotatable bonds is 3. The van der Waals surface area contributed by atoms with Crippen LogP contribution in [0.1, 0.15) is 23.2 Å². The van der Waals surface area contributed by atoms with E-state index in [1.165, 1.54) is 24.3 Å². The molecule has 1 aromatic rings. The van der Waals surface area contributed by atoms with Crippen LogP contribution in [0.15, 0.2) is 24.3 Å². The average Bonchev–Trinajstić information content (AvgIpc) is 2.38. The lowest BCUT2D eigenvalue weighted by Crippen LogP contribution is -2.86. The fourth-order valence-electron chi connectivity index (χ4n) is 2.03. The van der Waals surface area contributed by atoms with E-state index in [2.05, 4.69) is 5.32 Å². The Morgan fingerprint density at radius 1 is 1.29 bits per heavy atom. The summed E-state index contributed by atoms with van der Waals surface area (Å²) in [6.45, 7) is 2.70. The number of ether oxygens (including phenoxy) is 1. The van der Waals surface area contributed by atoms with Gasteiger partial charge in [-0.05, 0) is 24.3 Å². The molecule has 0 spiro atoms. The summed E-state index contributed by atoms with van der Waals surface area (Å²) in [5.74, 6) is -0.228. The molecule has 2 rings (SSSR count). The van der Waals surface area contributed by atoms with E-state index < -0.39 is 0 Å². The van der Waals surface area contributed by atoms with Crippen LogP contribution in [0.3, 0.4) is 0 Å². The lowest BCUT2D eigenvalue weighted by atomic mass is 9.99. The van der Waals surface area contributed by atoms with Crippen molar-refractivity contribution < 1.29 is 19.2 Å². The third-order valence-electron chi connectivity index (χ3n) is 3.09. The molecule has 0 amide bonds. The number of quaternary nitrogens is 1. The highest BCUT2D eigenvalue weighted by Crippen LogP contribution is 2.11. The lowest BCUT2D eigenvalue weighted by molar-refractivity contribution is -0.665. The Morgan fingerprint density at radius 2 is 1.94 bits per heavy atom. The van der Waals surface area contributed by atoms with Gasteiger partial charge in [-0.25, -0.2) is 9.18 Å². The van der Waals surface area contributed by atoms with E-state index in [4.69, 9.17) is 4.74 Å². The van der Waals surface area contributed by atoms with Crippen LogP contribution in [0, 0.1) is 11.7 Å². The minimum absolute atomic E-state index is 0.343. The van der Waals surface area contributed by atoms with Crippen molar-refractivity contribution in [2.45, 2.75) is 12.8 Å².